The van der Waals surface area contributed by atoms with Crippen molar-refractivity contribution in [3.8, 4) is 22.9 Å². The van der Waals surface area contributed by atoms with Crippen LogP contribution in [0.4, 0.5) is 8.78 Å². The molecule has 1 aliphatic rings. The molecule has 1 amide bonds. The fourth-order valence-corrected chi connectivity index (χ4v) is 5.85. The smallest absolute Gasteiger partial charge is 0.303 e. The predicted octanol–water partition coefficient (Wildman–Crippen LogP) is 6.37. The van der Waals surface area contributed by atoms with Crippen molar-refractivity contribution in [2.45, 2.75) is 38.0 Å². The number of imidazole rings is 1. The standard InChI is InChI=1S/C35H34F2N4O5/c1-35(22-5-3-4-21(16-22)6-11-32(43)44)20-45-15-14-41(2)31(42)10-8-25-24-12-13-38-29(24)18-28(37)33(25)46-23-7-9-27(36)26(17-23)34-39-19-30(35)40-34/h3-5,7,9,12-13,16-19,38H,6,8,10-11,14-15,20H2,1-2H3,(H,39,40)(H,43,44). The summed E-state index contributed by atoms with van der Waals surface area (Å²) in [6.45, 7) is 2.72. The number of carboxylic acid groups (broad SMARTS) is 1. The van der Waals surface area contributed by atoms with Gasteiger partial charge in [0, 0.05) is 67.1 Å². The van der Waals surface area contributed by atoms with Gasteiger partial charge in [-0.1, -0.05) is 24.3 Å². The zero-order valence-electron chi connectivity index (χ0n) is 25.5. The number of rotatable bonds is 4. The first kappa shape index (κ1) is 31.0. The molecule has 0 radical (unpaired) electrons. The van der Waals surface area contributed by atoms with E-state index in [9.17, 15) is 14.7 Å². The number of carbonyl (C=O) groups is 2. The number of hydrogen-bond acceptors (Lipinski definition) is 5. The number of H-pyrrole nitrogens is 2. The molecular formula is C35H34F2N4O5. The lowest BCUT2D eigenvalue weighted by atomic mass is 9.79. The molecule has 238 valence electrons. The van der Waals surface area contributed by atoms with Crippen molar-refractivity contribution in [1.82, 2.24) is 19.9 Å². The maximum atomic E-state index is 15.5. The molecule has 3 aromatic carbocycles. The van der Waals surface area contributed by atoms with Gasteiger partial charge in [0.15, 0.2) is 11.6 Å². The molecule has 3 heterocycles. The van der Waals surface area contributed by atoms with Crippen molar-refractivity contribution in [3.05, 3.63) is 101 Å². The number of nitrogens with zero attached hydrogens (tertiary/aromatic N) is 2. The maximum Gasteiger partial charge on any atom is 0.303 e. The van der Waals surface area contributed by atoms with Gasteiger partial charge in [-0.15, -0.1) is 0 Å². The molecule has 0 spiro atoms. The molecule has 0 saturated heterocycles. The first-order valence-electron chi connectivity index (χ1n) is 15.1. The number of amides is 1. The van der Waals surface area contributed by atoms with Crippen LogP contribution in [0.3, 0.4) is 0 Å². The van der Waals surface area contributed by atoms with Gasteiger partial charge in [-0.05, 0) is 55.2 Å². The number of fused-ring (bicyclic) bond motifs is 8. The van der Waals surface area contributed by atoms with E-state index in [1.54, 1.807) is 24.3 Å². The minimum absolute atomic E-state index is 0.00658. The summed E-state index contributed by atoms with van der Waals surface area (Å²) in [5.41, 5.74) is 2.78. The van der Waals surface area contributed by atoms with Crippen molar-refractivity contribution in [2.24, 2.45) is 0 Å². The molecule has 0 saturated carbocycles. The average Bonchev–Trinajstić information content (AvgIpc) is 3.73. The van der Waals surface area contributed by atoms with Gasteiger partial charge in [0.2, 0.25) is 5.91 Å². The van der Waals surface area contributed by atoms with Crippen molar-refractivity contribution >= 4 is 22.8 Å². The molecule has 3 N–H and O–H groups in total. The minimum Gasteiger partial charge on any atom is -0.481 e. The van der Waals surface area contributed by atoms with Gasteiger partial charge in [0.1, 0.15) is 17.4 Å². The van der Waals surface area contributed by atoms with Crippen LogP contribution in [0.5, 0.6) is 11.5 Å². The van der Waals surface area contributed by atoms with Crippen molar-refractivity contribution in [3.63, 3.8) is 0 Å². The molecule has 11 heteroatoms. The van der Waals surface area contributed by atoms with E-state index in [1.807, 2.05) is 37.3 Å². The van der Waals surface area contributed by atoms with Gasteiger partial charge in [-0.25, -0.2) is 13.8 Å². The second-order valence-corrected chi connectivity index (χ2v) is 11.8. The van der Waals surface area contributed by atoms with E-state index < -0.39 is 23.0 Å². The average molecular weight is 629 g/mol. The van der Waals surface area contributed by atoms with Crippen molar-refractivity contribution in [2.75, 3.05) is 26.8 Å². The number of halogens is 2. The summed E-state index contributed by atoms with van der Waals surface area (Å²) >= 11 is 0. The zero-order valence-corrected chi connectivity index (χ0v) is 25.5. The number of carbonyl (C=O) groups excluding carboxylic acids is 1. The van der Waals surface area contributed by atoms with Crippen LogP contribution in [0.25, 0.3) is 22.3 Å². The van der Waals surface area contributed by atoms with Gasteiger partial charge >= 0.3 is 5.97 Å². The third-order valence-electron chi connectivity index (χ3n) is 8.62. The fourth-order valence-electron chi connectivity index (χ4n) is 5.85. The summed E-state index contributed by atoms with van der Waals surface area (Å²) in [6, 6.07) is 14.9. The largest absolute Gasteiger partial charge is 0.481 e. The summed E-state index contributed by atoms with van der Waals surface area (Å²) in [6.07, 6.45) is 4.01. The topological polar surface area (TPSA) is 121 Å². The van der Waals surface area contributed by atoms with E-state index in [-0.39, 0.29) is 61.3 Å². The molecular weight excluding hydrogens is 594 g/mol. The van der Waals surface area contributed by atoms with Crippen LogP contribution >= 0.6 is 0 Å². The molecule has 1 atom stereocenters. The van der Waals surface area contributed by atoms with E-state index in [2.05, 4.69) is 15.0 Å². The van der Waals surface area contributed by atoms with Crippen molar-refractivity contribution < 1.29 is 33.0 Å². The summed E-state index contributed by atoms with van der Waals surface area (Å²) in [5, 5.41) is 9.92. The molecule has 5 aromatic rings. The number of aromatic amines is 2. The Balaban J connectivity index is 1.43. The Morgan fingerprint density at radius 1 is 1.11 bits per heavy atom. The Bertz CT molecular complexity index is 1920. The van der Waals surface area contributed by atoms with Crippen LogP contribution in [-0.4, -0.2) is 63.6 Å². The number of aliphatic carboxylic acids is 1. The first-order chi connectivity index (χ1) is 22.1. The molecule has 6 rings (SSSR count). The van der Waals surface area contributed by atoms with Crippen LogP contribution < -0.4 is 4.74 Å². The molecule has 46 heavy (non-hydrogen) atoms. The van der Waals surface area contributed by atoms with Crippen molar-refractivity contribution in [1.29, 1.82) is 0 Å². The molecule has 0 aliphatic carbocycles. The van der Waals surface area contributed by atoms with Crippen LogP contribution in [0.2, 0.25) is 0 Å². The van der Waals surface area contributed by atoms with Crippen LogP contribution in [0, 0.1) is 11.6 Å². The number of aryl methyl sites for hydroxylation is 2. The Labute approximate surface area is 264 Å². The monoisotopic (exact) mass is 628 g/mol. The number of aromatic nitrogens is 3. The summed E-state index contributed by atoms with van der Waals surface area (Å²) < 4.78 is 43.1. The van der Waals surface area contributed by atoms with Crippen LogP contribution in [0.15, 0.2) is 67.0 Å². The normalized spacial score (nSPS) is 17.7. The molecule has 4 bridgehead atoms. The number of benzene rings is 3. The number of carboxylic acids is 1. The second-order valence-electron chi connectivity index (χ2n) is 11.8. The van der Waals surface area contributed by atoms with Gasteiger partial charge in [-0.2, -0.15) is 0 Å². The van der Waals surface area contributed by atoms with Crippen LogP contribution in [0.1, 0.15) is 42.1 Å². The maximum absolute atomic E-state index is 15.5. The molecule has 9 nitrogen and oxygen atoms in total. The molecule has 2 aromatic heterocycles. The van der Waals surface area contributed by atoms with E-state index in [1.165, 1.54) is 24.3 Å². The Morgan fingerprint density at radius 3 is 2.78 bits per heavy atom. The number of nitrogens with one attached hydrogen (secondary N) is 2. The lowest BCUT2D eigenvalue weighted by Gasteiger charge is -2.30. The third-order valence-corrected chi connectivity index (χ3v) is 8.62. The summed E-state index contributed by atoms with van der Waals surface area (Å²) in [7, 11) is 1.70. The summed E-state index contributed by atoms with van der Waals surface area (Å²) in [4.78, 5) is 36.8. The van der Waals surface area contributed by atoms with Crippen LogP contribution in [-0.2, 0) is 32.6 Å². The summed E-state index contributed by atoms with van der Waals surface area (Å²) in [5.74, 6) is -1.76. The second kappa shape index (κ2) is 12.8. The van der Waals surface area contributed by atoms with Gasteiger partial charge in [0.05, 0.1) is 24.2 Å². The third kappa shape index (κ3) is 6.23. The predicted molar refractivity (Wildman–Crippen MR) is 168 cm³/mol. The Morgan fingerprint density at radius 2 is 1.96 bits per heavy atom. The van der Waals surface area contributed by atoms with Gasteiger partial charge < -0.3 is 29.4 Å². The first-order valence-corrected chi connectivity index (χ1v) is 15.1. The Kier molecular flexibility index (Phi) is 8.59. The minimum atomic E-state index is -0.884. The highest BCUT2D eigenvalue weighted by Gasteiger charge is 2.33. The lowest BCUT2D eigenvalue weighted by molar-refractivity contribution is -0.137. The number of ether oxygens (including phenoxy) is 2. The quantitative estimate of drug-likeness (QED) is 0.213. The SMILES string of the molecule is CN1CCOCC(C)(c2cccc(CCC(=O)O)c2)c2cnc([nH]2)-c2cc(ccc2F)Oc2c(F)cc3[nH]ccc3c2CCC1=O. The van der Waals surface area contributed by atoms with E-state index in [4.69, 9.17) is 9.47 Å². The Hall–Kier alpha value is -5.03. The lowest BCUT2D eigenvalue weighted by Crippen LogP contribution is -2.34. The number of hydrogen-bond donors (Lipinski definition) is 3. The highest BCUT2D eigenvalue weighted by atomic mass is 19.1. The number of likely N-dealkylation sites (N-methyl/N-ethyl adjacent to an activating group) is 1. The van der Waals surface area contributed by atoms with Gasteiger partial charge in [0.25, 0.3) is 0 Å². The van der Waals surface area contributed by atoms with E-state index in [0.717, 1.165) is 16.5 Å². The highest BCUT2D eigenvalue weighted by Crippen LogP contribution is 2.38. The molecule has 0 fully saturated rings. The van der Waals surface area contributed by atoms with Gasteiger partial charge in [-0.3, -0.25) is 9.59 Å². The molecule has 1 aliphatic heterocycles. The zero-order chi connectivity index (χ0) is 32.4. The molecule has 1 unspecified atom stereocenters. The van der Waals surface area contributed by atoms with E-state index >= 15 is 8.78 Å². The fraction of sp³-hybridized carbons (Fsp3) is 0.286. The van der Waals surface area contributed by atoms with E-state index in [0.29, 0.717) is 29.7 Å². The highest BCUT2D eigenvalue weighted by molar-refractivity contribution is 5.86.